The fraction of sp³-hybridized carbons (Fsp3) is 0.519. The monoisotopic (exact) mass is 435 g/mol. The van der Waals surface area contributed by atoms with Gasteiger partial charge in [-0.3, -0.25) is 0 Å². The standard InChI is InChI=1S/C27H41N5/c1-6-29(7-2)18-20-31(21-19-30(8-3)9-4)24-15-13-14-23(22-24)27-28-25-16-11-12-17-26(25)32(27)10-5/h11-17,22H,6-10,18-21H2,1-5H3. The molecule has 0 N–H and O–H groups in total. The first kappa shape index (κ1) is 24.3. The van der Waals surface area contributed by atoms with Gasteiger partial charge in [0.1, 0.15) is 5.82 Å². The molecular formula is C27H41N5. The van der Waals surface area contributed by atoms with Gasteiger partial charge in [-0.05, 0) is 57.4 Å². The van der Waals surface area contributed by atoms with Gasteiger partial charge < -0.3 is 19.3 Å². The molecule has 0 atom stereocenters. The summed E-state index contributed by atoms with van der Waals surface area (Å²) in [5.41, 5.74) is 4.75. The van der Waals surface area contributed by atoms with Crippen LogP contribution >= 0.6 is 0 Å². The Morgan fingerprint density at radius 2 is 1.34 bits per heavy atom. The molecule has 1 aromatic heterocycles. The number of rotatable bonds is 13. The summed E-state index contributed by atoms with van der Waals surface area (Å²) in [6.45, 7) is 20.7. The van der Waals surface area contributed by atoms with E-state index in [4.69, 9.17) is 4.98 Å². The lowest BCUT2D eigenvalue weighted by atomic mass is 10.1. The number of hydrogen-bond donors (Lipinski definition) is 0. The summed E-state index contributed by atoms with van der Waals surface area (Å²) >= 11 is 0. The number of imidazole rings is 1. The van der Waals surface area contributed by atoms with Crippen LogP contribution in [-0.2, 0) is 6.54 Å². The molecule has 1 heterocycles. The lowest BCUT2D eigenvalue weighted by molar-refractivity contribution is 0.294. The molecule has 0 bridgehead atoms. The molecule has 0 fully saturated rings. The van der Waals surface area contributed by atoms with E-state index in [0.29, 0.717) is 0 Å². The van der Waals surface area contributed by atoms with Gasteiger partial charge in [0.15, 0.2) is 0 Å². The van der Waals surface area contributed by atoms with E-state index in [-0.39, 0.29) is 0 Å². The van der Waals surface area contributed by atoms with Crippen molar-refractivity contribution in [3.05, 3.63) is 48.5 Å². The molecule has 0 aliphatic heterocycles. The first-order chi connectivity index (χ1) is 15.6. The third kappa shape index (κ3) is 5.70. The van der Waals surface area contributed by atoms with E-state index in [1.807, 2.05) is 0 Å². The quantitative estimate of drug-likeness (QED) is 0.368. The Morgan fingerprint density at radius 1 is 0.719 bits per heavy atom. The number of hydrogen-bond acceptors (Lipinski definition) is 4. The third-order valence-electron chi connectivity index (χ3n) is 6.60. The van der Waals surface area contributed by atoms with Crippen molar-refractivity contribution in [3.63, 3.8) is 0 Å². The SMILES string of the molecule is CCN(CC)CCN(CCN(CC)CC)c1cccc(-c2nc3ccccc3n2CC)c1. The lowest BCUT2D eigenvalue weighted by Crippen LogP contribution is -2.40. The summed E-state index contributed by atoms with van der Waals surface area (Å²) in [5, 5.41) is 0. The highest BCUT2D eigenvalue weighted by atomic mass is 15.2. The largest absolute Gasteiger partial charge is 0.369 e. The van der Waals surface area contributed by atoms with Crippen molar-refractivity contribution in [2.45, 2.75) is 41.2 Å². The molecule has 0 unspecified atom stereocenters. The Bertz CT molecular complexity index is 940. The molecule has 0 saturated heterocycles. The van der Waals surface area contributed by atoms with Crippen LogP contribution in [0.3, 0.4) is 0 Å². The summed E-state index contributed by atoms with van der Waals surface area (Å²) in [7, 11) is 0. The van der Waals surface area contributed by atoms with E-state index in [1.54, 1.807) is 0 Å². The van der Waals surface area contributed by atoms with E-state index < -0.39 is 0 Å². The van der Waals surface area contributed by atoms with Crippen molar-refractivity contribution in [2.24, 2.45) is 0 Å². The second-order valence-electron chi connectivity index (χ2n) is 8.26. The van der Waals surface area contributed by atoms with Crippen LogP contribution in [0, 0.1) is 0 Å². The van der Waals surface area contributed by atoms with Gasteiger partial charge in [0.2, 0.25) is 0 Å². The highest BCUT2D eigenvalue weighted by Gasteiger charge is 2.15. The second-order valence-corrected chi connectivity index (χ2v) is 8.26. The van der Waals surface area contributed by atoms with Crippen molar-refractivity contribution in [3.8, 4) is 11.4 Å². The maximum absolute atomic E-state index is 4.98. The molecule has 0 aliphatic rings. The Kier molecular flexibility index (Phi) is 9.12. The molecular weight excluding hydrogens is 394 g/mol. The second kappa shape index (κ2) is 12.0. The van der Waals surface area contributed by atoms with Crippen LogP contribution in [0.4, 0.5) is 5.69 Å². The number of likely N-dealkylation sites (N-methyl/N-ethyl adjacent to an activating group) is 2. The number of fused-ring (bicyclic) bond motifs is 1. The zero-order valence-electron chi connectivity index (χ0n) is 20.7. The first-order valence-corrected chi connectivity index (χ1v) is 12.4. The van der Waals surface area contributed by atoms with E-state index in [0.717, 1.165) is 70.2 Å². The number of anilines is 1. The van der Waals surface area contributed by atoms with Gasteiger partial charge in [0, 0.05) is 44.0 Å². The van der Waals surface area contributed by atoms with Gasteiger partial charge in [-0.2, -0.15) is 0 Å². The third-order valence-corrected chi connectivity index (χ3v) is 6.60. The molecule has 5 heteroatoms. The van der Waals surface area contributed by atoms with Gasteiger partial charge in [-0.15, -0.1) is 0 Å². The van der Waals surface area contributed by atoms with Crippen molar-refractivity contribution in [1.82, 2.24) is 19.4 Å². The van der Waals surface area contributed by atoms with E-state index in [1.165, 1.54) is 16.8 Å². The molecule has 32 heavy (non-hydrogen) atoms. The minimum Gasteiger partial charge on any atom is -0.369 e. The topological polar surface area (TPSA) is 27.5 Å². The summed E-state index contributed by atoms with van der Waals surface area (Å²) in [6, 6.07) is 17.4. The van der Waals surface area contributed by atoms with Crippen LogP contribution in [0.25, 0.3) is 22.4 Å². The van der Waals surface area contributed by atoms with Crippen molar-refractivity contribution in [1.29, 1.82) is 0 Å². The fourth-order valence-corrected chi connectivity index (χ4v) is 4.43. The molecule has 0 saturated carbocycles. The predicted molar refractivity (Wildman–Crippen MR) is 139 cm³/mol. The van der Waals surface area contributed by atoms with E-state index in [2.05, 4.69) is 102 Å². The number of aryl methyl sites for hydroxylation is 1. The molecule has 174 valence electrons. The Hall–Kier alpha value is -2.37. The van der Waals surface area contributed by atoms with Crippen LogP contribution in [0.2, 0.25) is 0 Å². The van der Waals surface area contributed by atoms with Crippen LogP contribution in [0.1, 0.15) is 34.6 Å². The Balaban J connectivity index is 1.91. The first-order valence-electron chi connectivity index (χ1n) is 12.4. The number of aromatic nitrogens is 2. The predicted octanol–water partition coefficient (Wildman–Crippen LogP) is 5.21. The summed E-state index contributed by atoms with van der Waals surface area (Å²) in [6.07, 6.45) is 0. The minimum atomic E-state index is 0.910. The maximum Gasteiger partial charge on any atom is 0.141 e. The van der Waals surface area contributed by atoms with E-state index in [9.17, 15) is 0 Å². The van der Waals surface area contributed by atoms with Gasteiger partial charge in [-0.25, -0.2) is 4.98 Å². The van der Waals surface area contributed by atoms with Crippen molar-refractivity contribution < 1.29 is 0 Å². The molecule has 0 radical (unpaired) electrons. The zero-order chi connectivity index (χ0) is 22.9. The highest BCUT2D eigenvalue weighted by Crippen LogP contribution is 2.28. The van der Waals surface area contributed by atoms with Crippen LogP contribution in [-0.4, -0.2) is 71.7 Å². The summed E-state index contributed by atoms with van der Waals surface area (Å²) in [5.74, 6) is 1.06. The van der Waals surface area contributed by atoms with Gasteiger partial charge >= 0.3 is 0 Å². The average molecular weight is 436 g/mol. The summed E-state index contributed by atoms with van der Waals surface area (Å²) < 4.78 is 2.32. The number of para-hydroxylation sites is 2. The van der Waals surface area contributed by atoms with Gasteiger partial charge in [0.25, 0.3) is 0 Å². The average Bonchev–Trinajstić information content (AvgIpc) is 3.22. The van der Waals surface area contributed by atoms with Gasteiger partial charge in [0.05, 0.1) is 11.0 Å². The molecule has 3 rings (SSSR count). The molecule has 0 spiro atoms. The van der Waals surface area contributed by atoms with E-state index >= 15 is 0 Å². The van der Waals surface area contributed by atoms with Crippen molar-refractivity contribution in [2.75, 3.05) is 57.3 Å². The Morgan fingerprint density at radius 3 is 1.94 bits per heavy atom. The van der Waals surface area contributed by atoms with Crippen LogP contribution < -0.4 is 4.90 Å². The van der Waals surface area contributed by atoms with Crippen LogP contribution in [0.15, 0.2) is 48.5 Å². The maximum atomic E-state index is 4.98. The molecule has 2 aromatic carbocycles. The van der Waals surface area contributed by atoms with Crippen molar-refractivity contribution >= 4 is 16.7 Å². The zero-order valence-corrected chi connectivity index (χ0v) is 20.7. The summed E-state index contributed by atoms with van der Waals surface area (Å²) in [4.78, 5) is 12.5. The minimum absolute atomic E-state index is 0.910. The van der Waals surface area contributed by atoms with Gasteiger partial charge in [-0.1, -0.05) is 52.0 Å². The van der Waals surface area contributed by atoms with Crippen LogP contribution in [0.5, 0.6) is 0 Å². The smallest absolute Gasteiger partial charge is 0.141 e. The molecule has 0 amide bonds. The Labute approximate surface area is 194 Å². The molecule has 3 aromatic rings. The molecule has 0 aliphatic carbocycles. The lowest BCUT2D eigenvalue weighted by Gasteiger charge is -2.30. The fourth-order valence-electron chi connectivity index (χ4n) is 4.43. The highest BCUT2D eigenvalue weighted by molar-refractivity contribution is 5.81. The normalized spacial score (nSPS) is 11.7. The number of nitrogens with zero attached hydrogens (tertiary/aromatic N) is 5. The number of benzene rings is 2. The molecule has 5 nitrogen and oxygen atoms in total.